The van der Waals surface area contributed by atoms with Gasteiger partial charge < -0.3 is 0 Å². The Balaban J connectivity index is 0.00000259. The molecule has 0 N–H and O–H groups in total. The van der Waals surface area contributed by atoms with E-state index in [1.165, 1.54) is 16.5 Å². The van der Waals surface area contributed by atoms with Crippen LogP contribution in [0.3, 0.4) is 0 Å². The zero-order valence-electron chi connectivity index (χ0n) is 18.1. The Morgan fingerprint density at radius 3 is 2.36 bits per heavy atom. The summed E-state index contributed by atoms with van der Waals surface area (Å²) < 4.78 is 16.8. The van der Waals surface area contributed by atoms with Crippen LogP contribution in [-0.4, -0.2) is 56.2 Å². The van der Waals surface area contributed by atoms with Gasteiger partial charge in [-0.25, -0.2) is 9.07 Å². The topological polar surface area (TPSA) is 50.1 Å². The normalized spacial score (nSPS) is 15.8. The molecule has 0 saturated carbocycles. The molecule has 33 heavy (non-hydrogen) atoms. The second-order valence-electron chi connectivity index (χ2n) is 8.00. The highest BCUT2D eigenvalue weighted by atomic mass is 35.5. The summed E-state index contributed by atoms with van der Waals surface area (Å²) in [5, 5.41) is 14.6. The summed E-state index contributed by atoms with van der Waals surface area (Å²) >= 11 is 1.67. The van der Waals surface area contributed by atoms with Gasteiger partial charge in [0, 0.05) is 43.2 Å². The van der Waals surface area contributed by atoms with Gasteiger partial charge in [-0.2, -0.15) is 0 Å². The van der Waals surface area contributed by atoms with Crippen LogP contribution >= 0.6 is 23.7 Å². The fourth-order valence-electron chi connectivity index (χ4n) is 4.29. The summed E-state index contributed by atoms with van der Waals surface area (Å²) in [6.07, 6.45) is 0. The van der Waals surface area contributed by atoms with Crippen LogP contribution in [0.5, 0.6) is 0 Å². The molecule has 0 amide bonds. The number of piperazine rings is 1. The quantitative estimate of drug-likeness (QED) is 0.392. The molecule has 1 unspecified atom stereocenters. The van der Waals surface area contributed by atoms with Crippen molar-refractivity contribution >= 4 is 23.7 Å². The second kappa shape index (κ2) is 11.0. The molecule has 1 aliphatic rings. The predicted octanol–water partition coefficient (Wildman–Crippen LogP) is 4.25. The molecular formula is C24H26ClFN6S. The van der Waals surface area contributed by atoms with Gasteiger partial charge in [-0.1, -0.05) is 54.6 Å². The van der Waals surface area contributed by atoms with Crippen molar-refractivity contribution in [3.05, 3.63) is 99.8 Å². The SMILES string of the molecule is Cl.Fc1ccccc1C(c1nnnn1Cc1cccs1)N1CCN(Cc2ccccc2)CC1. The van der Waals surface area contributed by atoms with Crippen molar-refractivity contribution in [3.63, 3.8) is 0 Å². The fourth-order valence-corrected chi connectivity index (χ4v) is 4.97. The zero-order valence-corrected chi connectivity index (χ0v) is 19.8. The van der Waals surface area contributed by atoms with E-state index in [1.807, 2.05) is 29.6 Å². The lowest BCUT2D eigenvalue weighted by atomic mass is 10.0. The van der Waals surface area contributed by atoms with Crippen molar-refractivity contribution in [1.29, 1.82) is 0 Å². The van der Waals surface area contributed by atoms with E-state index in [-0.39, 0.29) is 24.3 Å². The van der Waals surface area contributed by atoms with E-state index < -0.39 is 0 Å². The number of hydrogen-bond acceptors (Lipinski definition) is 6. The van der Waals surface area contributed by atoms with Gasteiger partial charge in [-0.3, -0.25) is 9.80 Å². The molecule has 0 aliphatic carbocycles. The van der Waals surface area contributed by atoms with Gasteiger partial charge in [0.15, 0.2) is 5.82 Å². The maximum atomic E-state index is 14.9. The molecule has 9 heteroatoms. The summed E-state index contributed by atoms with van der Waals surface area (Å²) in [5.41, 5.74) is 1.93. The van der Waals surface area contributed by atoms with Gasteiger partial charge >= 0.3 is 0 Å². The Kier molecular flexibility index (Phi) is 7.82. The van der Waals surface area contributed by atoms with Gasteiger partial charge in [-0.05, 0) is 33.5 Å². The third-order valence-corrected chi connectivity index (χ3v) is 6.77. The standard InChI is InChI=1S/C24H25FN6S.ClH/c25-22-11-5-4-10-21(22)23(24-26-27-28-31(24)18-20-9-6-16-32-20)30-14-12-29(13-15-30)17-19-7-2-1-3-8-19;/h1-11,16,23H,12-15,17-18H2;1H. The van der Waals surface area contributed by atoms with Gasteiger partial charge in [0.1, 0.15) is 11.9 Å². The first-order chi connectivity index (χ1) is 15.8. The van der Waals surface area contributed by atoms with Crippen molar-refractivity contribution in [1.82, 2.24) is 30.0 Å². The molecule has 2 aromatic heterocycles. The summed E-state index contributed by atoms with van der Waals surface area (Å²) in [6, 6.07) is 21.2. The van der Waals surface area contributed by atoms with Crippen LogP contribution in [0, 0.1) is 5.82 Å². The average molecular weight is 485 g/mol. The van der Waals surface area contributed by atoms with Crippen molar-refractivity contribution in [2.24, 2.45) is 0 Å². The minimum Gasteiger partial charge on any atom is -0.297 e. The molecule has 1 saturated heterocycles. The Bertz CT molecular complexity index is 1130. The Labute approximate surface area is 203 Å². The third kappa shape index (κ3) is 5.47. The molecule has 6 nitrogen and oxygen atoms in total. The summed E-state index contributed by atoms with van der Waals surface area (Å²) in [7, 11) is 0. The van der Waals surface area contributed by atoms with Crippen LogP contribution in [-0.2, 0) is 13.1 Å². The minimum atomic E-state index is -0.329. The van der Waals surface area contributed by atoms with E-state index in [4.69, 9.17) is 0 Å². The summed E-state index contributed by atoms with van der Waals surface area (Å²) in [6.45, 7) is 4.96. The zero-order chi connectivity index (χ0) is 21.8. The first kappa shape index (κ1) is 23.5. The number of thiophene rings is 1. The van der Waals surface area contributed by atoms with Crippen molar-refractivity contribution in [3.8, 4) is 0 Å². The molecule has 2 aromatic carbocycles. The van der Waals surface area contributed by atoms with E-state index in [9.17, 15) is 4.39 Å². The highest BCUT2D eigenvalue weighted by Crippen LogP contribution is 2.30. The highest BCUT2D eigenvalue weighted by Gasteiger charge is 2.32. The van der Waals surface area contributed by atoms with Crippen LogP contribution in [0.1, 0.15) is 27.9 Å². The number of benzene rings is 2. The van der Waals surface area contributed by atoms with Crippen LogP contribution in [0.4, 0.5) is 4.39 Å². The Morgan fingerprint density at radius 1 is 0.879 bits per heavy atom. The van der Waals surface area contributed by atoms with Crippen LogP contribution in [0.2, 0.25) is 0 Å². The maximum absolute atomic E-state index is 14.9. The smallest absolute Gasteiger partial charge is 0.173 e. The van der Waals surface area contributed by atoms with Crippen molar-refractivity contribution in [2.75, 3.05) is 26.2 Å². The number of nitrogens with zero attached hydrogens (tertiary/aromatic N) is 6. The van der Waals surface area contributed by atoms with E-state index in [1.54, 1.807) is 22.1 Å². The number of aromatic nitrogens is 4. The molecule has 172 valence electrons. The Morgan fingerprint density at radius 2 is 1.64 bits per heavy atom. The van der Waals surface area contributed by atoms with Gasteiger partial charge in [0.05, 0.1) is 6.54 Å². The van der Waals surface area contributed by atoms with Crippen LogP contribution < -0.4 is 0 Å². The van der Waals surface area contributed by atoms with Gasteiger partial charge in [-0.15, -0.1) is 28.8 Å². The highest BCUT2D eigenvalue weighted by molar-refractivity contribution is 7.09. The van der Waals surface area contributed by atoms with Gasteiger partial charge in [0.25, 0.3) is 0 Å². The van der Waals surface area contributed by atoms with E-state index >= 15 is 0 Å². The Hall–Kier alpha value is -2.65. The number of halogens is 2. The molecule has 4 aromatic rings. The largest absolute Gasteiger partial charge is 0.297 e. The molecule has 1 aliphatic heterocycles. The molecule has 3 heterocycles. The second-order valence-corrected chi connectivity index (χ2v) is 9.03. The average Bonchev–Trinajstić information content (AvgIpc) is 3.50. The summed E-state index contributed by atoms with van der Waals surface area (Å²) in [5.74, 6) is 0.454. The summed E-state index contributed by atoms with van der Waals surface area (Å²) in [4.78, 5) is 5.91. The van der Waals surface area contributed by atoms with E-state index in [0.717, 1.165) is 32.7 Å². The van der Waals surface area contributed by atoms with E-state index in [0.29, 0.717) is 17.9 Å². The molecule has 1 atom stereocenters. The van der Waals surface area contributed by atoms with Crippen molar-refractivity contribution in [2.45, 2.75) is 19.1 Å². The predicted molar refractivity (Wildman–Crippen MR) is 130 cm³/mol. The fraction of sp³-hybridized carbons (Fsp3) is 0.292. The third-order valence-electron chi connectivity index (χ3n) is 5.91. The molecule has 0 bridgehead atoms. The lowest BCUT2D eigenvalue weighted by Gasteiger charge is -2.39. The molecule has 0 spiro atoms. The molecule has 1 fully saturated rings. The lowest BCUT2D eigenvalue weighted by molar-refractivity contribution is 0.0990. The van der Waals surface area contributed by atoms with Crippen LogP contribution in [0.25, 0.3) is 0 Å². The maximum Gasteiger partial charge on any atom is 0.173 e. The first-order valence-electron chi connectivity index (χ1n) is 10.8. The first-order valence-corrected chi connectivity index (χ1v) is 11.7. The van der Waals surface area contributed by atoms with Gasteiger partial charge in [0.2, 0.25) is 0 Å². The number of tetrazole rings is 1. The number of rotatable bonds is 7. The van der Waals surface area contributed by atoms with Crippen LogP contribution in [0.15, 0.2) is 72.1 Å². The lowest BCUT2D eigenvalue weighted by Crippen LogP contribution is -2.48. The van der Waals surface area contributed by atoms with E-state index in [2.05, 4.69) is 55.7 Å². The monoisotopic (exact) mass is 484 g/mol. The van der Waals surface area contributed by atoms with Crippen molar-refractivity contribution < 1.29 is 4.39 Å². The molecular weight excluding hydrogens is 459 g/mol. The molecule has 5 rings (SSSR count). The minimum absolute atomic E-state index is 0. The number of hydrogen-bond donors (Lipinski definition) is 0. The molecule has 0 radical (unpaired) electrons.